The van der Waals surface area contributed by atoms with E-state index in [9.17, 15) is 4.79 Å². The molecule has 2 heterocycles. The van der Waals surface area contributed by atoms with E-state index in [0.717, 1.165) is 0 Å². The average molecular weight is 342 g/mol. The van der Waals surface area contributed by atoms with Gasteiger partial charge in [0.05, 0.1) is 33.6 Å². The first-order valence-corrected chi connectivity index (χ1v) is 7.63. The first kappa shape index (κ1) is 16.8. The lowest BCUT2D eigenvalue weighted by molar-refractivity contribution is 0.187. The number of ether oxygens (including phenoxy) is 3. The summed E-state index contributed by atoms with van der Waals surface area (Å²) in [4.78, 5) is 25.7. The minimum absolute atomic E-state index is 0.178. The standard InChI is InChI=1S/C17H18N4O4/c1-23-9-8-21-15-13(10-18-17(20-15)25-3)19-14(16(21)22)11-4-6-12(24-2)7-5-11/h4-7,10H,8-9H2,1-3H3. The number of benzene rings is 1. The van der Waals surface area contributed by atoms with E-state index in [-0.39, 0.29) is 11.6 Å². The summed E-state index contributed by atoms with van der Waals surface area (Å²) in [6.45, 7) is 0.713. The predicted molar refractivity (Wildman–Crippen MR) is 92.0 cm³/mol. The summed E-state index contributed by atoms with van der Waals surface area (Å²) >= 11 is 0. The summed E-state index contributed by atoms with van der Waals surface area (Å²) in [7, 11) is 4.64. The summed E-state index contributed by atoms with van der Waals surface area (Å²) in [6.07, 6.45) is 1.54. The van der Waals surface area contributed by atoms with Gasteiger partial charge in [-0.3, -0.25) is 9.36 Å². The second-order valence-electron chi connectivity index (χ2n) is 5.20. The molecule has 0 unspecified atom stereocenters. The first-order valence-electron chi connectivity index (χ1n) is 7.63. The van der Waals surface area contributed by atoms with Crippen LogP contribution < -0.4 is 15.0 Å². The fraction of sp³-hybridized carbons (Fsp3) is 0.294. The van der Waals surface area contributed by atoms with Crippen molar-refractivity contribution in [3.05, 3.63) is 40.8 Å². The molecule has 0 spiro atoms. The van der Waals surface area contributed by atoms with Crippen molar-refractivity contribution in [3.8, 4) is 23.0 Å². The van der Waals surface area contributed by atoms with Gasteiger partial charge in [0.2, 0.25) is 0 Å². The maximum absolute atomic E-state index is 13.0. The van der Waals surface area contributed by atoms with Gasteiger partial charge in [-0.1, -0.05) is 0 Å². The number of hydrogen-bond acceptors (Lipinski definition) is 7. The van der Waals surface area contributed by atoms with Crippen LogP contribution >= 0.6 is 0 Å². The Morgan fingerprint density at radius 3 is 2.44 bits per heavy atom. The van der Waals surface area contributed by atoms with Gasteiger partial charge in [-0.25, -0.2) is 9.97 Å². The van der Waals surface area contributed by atoms with Gasteiger partial charge in [0.1, 0.15) is 17.0 Å². The van der Waals surface area contributed by atoms with E-state index in [1.165, 1.54) is 17.9 Å². The van der Waals surface area contributed by atoms with Crippen LogP contribution in [0.25, 0.3) is 22.4 Å². The number of fused-ring (bicyclic) bond motifs is 1. The van der Waals surface area contributed by atoms with E-state index in [1.54, 1.807) is 38.5 Å². The molecular formula is C17H18N4O4. The van der Waals surface area contributed by atoms with Crippen LogP contribution in [0.5, 0.6) is 11.8 Å². The SMILES string of the molecule is COCCn1c(=O)c(-c2ccc(OC)cc2)nc2cnc(OC)nc21. The number of rotatable bonds is 6. The van der Waals surface area contributed by atoms with Crippen molar-refractivity contribution in [2.24, 2.45) is 0 Å². The average Bonchev–Trinajstić information content (AvgIpc) is 2.66. The van der Waals surface area contributed by atoms with Gasteiger partial charge in [-0.2, -0.15) is 4.98 Å². The molecule has 8 nitrogen and oxygen atoms in total. The molecule has 0 N–H and O–H groups in total. The molecule has 1 aromatic carbocycles. The molecule has 25 heavy (non-hydrogen) atoms. The van der Waals surface area contributed by atoms with E-state index < -0.39 is 0 Å². The minimum Gasteiger partial charge on any atom is -0.497 e. The van der Waals surface area contributed by atoms with Gasteiger partial charge in [0.15, 0.2) is 5.65 Å². The second-order valence-corrected chi connectivity index (χ2v) is 5.20. The van der Waals surface area contributed by atoms with Crippen LogP contribution in [0, 0.1) is 0 Å². The van der Waals surface area contributed by atoms with E-state index in [2.05, 4.69) is 15.0 Å². The van der Waals surface area contributed by atoms with Crippen molar-refractivity contribution in [2.45, 2.75) is 6.54 Å². The first-order chi connectivity index (χ1) is 12.2. The highest BCUT2D eigenvalue weighted by molar-refractivity contribution is 5.74. The Morgan fingerprint density at radius 1 is 1.04 bits per heavy atom. The molecule has 2 aromatic heterocycles. The highest BCUT2D eigenvalue weighted by Crippen LogP contribution is 2.20. The van der Waals surface area contributed by atoms with Crippen molar-refractivity contribution < 1.29 is 14.2 Å². The van der Waals surface area contributed by atoms with E-state index in [4.69, 9.17) is 14.2 Å². The van der Waals surface area contributed by atoms with Gasteiger partial charge < -0.3 is 14.2 Å². The Labute approximate surface area is 144 Å². The number of aromatic nitrogens is 4. The van der Waals surface area contributed by atoms with Crippen LogP contribution in [-0.2, 0) is 11.3 Å². The van der Waals surface area contributed by atoms with Gasteiger partial charge in [0.25, 0.3) is 5.56 Å². The second kappa shape index (κ2) is 7.27. The lowest BCUT2D eigenvalue weighted by atomic mass is 10.1. The Balaban J connectivity index is 2.21. The summed E-state index contributed by atoms with van der Waals surface area (Å²) < 4.78 is 16.8. The Bertz CT molecular complexity index is 938. The molecule has 3 rings (SSSR count). The molecule has 0 aliphatic rings. The number of nitrogens with zero attached hydrogens (tertiary/aromatic N) is 4. The third-order valence-electron chi connectivity index (χ3n) is 3.73. The molecule has 8 heteroatoms. The van der Waals surface area contributed by atoms with Crippen LogP contribution in [0.15, 0.2) is 35.3 Å². The molecule has 0 aliphatic carbocycles. The van der Waals surface area contributed by atoms with Crippen LogP contribution in [0.2, 0.25) is 0 Å². The smallest absolute Gasteiger partial charge is 0.318 e. The maximum atomic E-state index is 13.0. The molecule has 0 aliphatic heterocycles. The van der Waals surface area contributed by atoms with Gasteiger partial charge in [-0.15, -0.1) is 0 Å². The van der Waals surface area contributed by atoms with E-state index >= 15 is 0 Å². The maximum Gasteiger partial charge on any atom is 0.318 e. The fourth-order valence-corrected chi connectivity index (χ4v) is 2.45. The Morgan fingerprint density at radius 2 is 1.80 bits per heavy atom. The molecule has 0 amide bonds. The lowest BCUT2D eigenvalue weighted by Gasteiger charge is -2.12. The van der Waals surface area contributed by atoms with Crippen LogP contribution in [-0.4, -0.2) is 47.5 Å². The van der Waals surface area contributed by atoms with Crippen molar-refractivity contribution >= 4 is 11.2 Å². The molecule has 0 radical (unpaired) electrons. The monoisotopic (exact) mass is 342 g/mol. The molecular weight excluding hydrogens is 324 g/mol. The summed E-state index contributed by atoms with van der Waals surface area (Å²) in [6, 6.07) is 7.32. The van der Waals surface area contributed by atoms with Crippen LogP contribution in [0.4, 0.5) is 0 Å². The molecule has 0 atom stereocenters. The largest absolute Gasteiger partial charge is 0.497 e. The highest BCUT2D eigenvalue weighted by atomic mass is 16.5. The lowest BCUT2D eigenvalue weighted by Crippen LogP contribution is -2.26. The van der Waals surface area contributed by atoms with Crippen molar-refractivity contribution in [2.75, 3.05) is 27.9 Å². The molecule has 130 valence electrons. The molecule has 0 bridgehead atoms. The van der Waals surface area contributed by atoms with Gasteiger partial charge in [0, 0.05) is 12.7 Å². The molecule has 3 aromatic rings. The third kappa shape index (κ3) is 3.29. The van der Waals surface area contributed by atoms with Gasteiger partial charge >= 0.3 is 6.01 Å². The molecule has 0 saturated heterocycles. The highest BCUT2D eigenvalue weighted by Gasteiger charge is 2.15. The molecule has 0 saturated carbocycles. The van der Waals surface area contributed by atoms with Gasteiger partial charge in [-0.05, 0) is 24.3 Å². The van der Waals surface area contributed by atoms with E-state index in [1.807, 2.05) is 0 Å². The number of hydrogen-bond donors (Lipinski definition) is 0. The van der Waals surface area contributed by atoms with E-state index in [0.29, 0.717) is 41.3 Å². The topological polar surface area (TPSA) is 88.4 Å². The summed E-state index contributed by atoms with van der Waals surface area (Å²) in [5, 5.41) is 0. The van der Waals surface area contributed by atoms with Crippen molar-refractivity contribution in [1.29, 1.82) is 0 Å². The quantitative estimate of drug-likeness (QED) is 0.671. The van der Waals surface area contributed by atoms with Crippen molar-refractivity contribution in [1.82, 2.24) is 19.5 Å². The molecule has 0 fully saturated rings. The summed E-state index contributed by atoms with van der Waals surface area (Å²) in [5.41, 5.74) is 1.67. The minimum atomic E-state index is -0.254. The Kier molecular flexibility index (Phi) is 4.90. The Hall–Kier alpha value is -3.00. The van der Waals surface area contributed by atoms with Crippen LogP contribution in [0.3, 0.4) is 0 Å². The summed E-state index contributed by atoms with van der Waals surface area (Å²) in [5.74, 6) is 0.706. The van der Waals surface area contributed by atoms with Crippen molar-refractivity contribution in [3.63, 3.8) is 0 Å². The zero-order chi connectivity index (χ0) is 17.8. The van der Waals surface area contributed by atoms with Crippen LogP contribution in [0.1, 0.15) is 0 Å². The zero-order valence-corrected chi connectivity index (χ0v) is 14.2. The number of methoxy groups -OCH3 is 3. The third-order valence-corrected chi connectivity index (χ3v) is 3.73. The normalized spacial score (nSPS) is 10.8. The zero-order valence-electron chi connectivity index (χ0n) is 14.2. The fourth-order valence-electron chi connectivity index (χ4n) is 2.45. The predicted octanol–water partition coefficient (Wildman–Crippen LogP) is 1.52.